The number of ether oxygens (including phenoxy) is 2. The van der Waals surface area contributed by atoms with Gasteiger partial charge in [-0.25, -0.2) is 9.07 Å². The molecule has 0 radical (unpaired) electrons. The predicted molar refractivity (Wildman–Crippen MR) is 95.8 cm³/mol. The summed E-state index contributed by atoms with van der Waals surface area (Å²) in [5, 5.41) is 7.08. The minimum atomic E-state index is -0.360. The van der Waals surface area contributed by atoms with Crippen molar-refractivity contribution in [2.24, 2.45) is 0 Å². The third-order valence-corrected chi connectivity index (χ3v) is 3.83. The Hall–Kier alpha value is -3.35. The quantitative estimate of drug-likeness (QED) is 0.760. The average Bonchev–Trinajstić information content (AvgIpc) is 3.04. The van der Waals surface area contributed by atoms with Gasteiger partial charge < -0.3 is 14.8 Å². The molecule has 26 heavy (non-hydrogen) atoms. The number of halogens is 1. The summed E-state index contributed by atoms with van der Waals surface area (Å²) in [5.74, 6) is 0.395. The highest BCUT2D eigenvalue weighted by molar-refractivity contribution is 6.03. The van der Waals surface area contributed by atoms with E-state index >= 15 is 0 Å². The van der Waals surface area contributed by atoms with E-state index in [-0.39, 0.29) is 17.4 Å². The average molecular weight is 355 g/mol. The maximum absolute atomic E-state index is 13.1. The number of rotatable bonds is 5. The molecule has 0 saturated heterocycles. The zero-order valence-corrected chi connectivity index (χ0v) is 14.6. The van der Waals surface area contributed by atoms with E-state index in [0.717, 1.165) is 5.69 Å². The molecule has 0 fully saturated rings. The first-order valence-corrected chi connectivity index (χ1v) is 7.88. The maximum Gasteiger partial charge on any atom is 0.276 e. The molecular weight excluding hydrogens is 337 g/mol. The SMILES string of the molecule is COc1ccc(NC(=O)c2cc(C)n(-c3ccc(F)cc3)n2)cc1OC. The van der Waals surface area contributed by atoms with E-state index < -0.39 is 0 Å². The van der Waals surface area contributed by atoms with E-state index in [1.54, 1.807) is 48.2 Å². The van der Waals surface area contributed by atoms with Crippen LogP contribution in [-0.4, -0.2) is 29.9 Å². The molecule has 0 spiro atoms. The first-order valence-electron chi connectivity index (χ1n) is 7.88. The van der Waals surface area contributed by atoms with Crippen molar-refractivity contribution in [2.75, 3.05) is 19.5 Å². The topological polar surface area (TPSA) is 65.4 Å². The third kappa shape index (κ3) is 3.51. The van der Waals surface area contributed by atoms with Gasteiger partial charge in [-0.05, 0) is 49.4 Å². The lowest BCUT2D eigenvalue weighted by Gasteiger charge is -2.10. The second kappa shape index (κ2) is 7.26. The minimum Gasteiger partial charge on any atom is -0.493 e. The number of hydrogen-bond acceptors (Lipinski definition) is 4. The number of nitrogens with one attached hydrogen (secondary N) is 1. The van der Waals surface area contributed by atoms with E-state index in [9.17, 15) is 9.18 Å². The number of nitrogens with zero attached hydrogens (tertiary/aromatic N) is 2. The molecule has 1 aromatic heterocycles. The summed E-state index contributed by atoms with van der Waals surface area (Å²) in [6, 6.07) is 12.6. The number of aryl methyl sites for hydroxylation is 1. The monoisotopic (exact) mass is 355 g/mol. The molecular formula is C19H18FN3O3. The van der Waals surface area contributed by atoms with Gasteiger partial charge >= 0.3 is 0 Å². The Morgan fingerprint density at radius 2 is 1.73 bits per heavy atom. The Bertz CT molecular complexity index is 936. The molecule has 0 saturated carbocycles. The normalized spacial score (nSPS) is 10.5. The van der Waals surface area contributed by atoms with Gasteiger partial charge in [0.15, 0.2) is 17.2 Å². The Morgan fingerprint density at radius 1 is 1.04 bits per heavy atom. The van der Waals surface area contributed by atoms with Crippen molar-refractivity contribution < 1.29 is 18.7 Å². The fraction of sp³-hybridized carbons (Fsp3) is 0.158. The van der Waals surface area contributed by atoms with Crippen LogP contribution in [0.5, 0.6) is 11.5 Å². The first kappa shape index (κ1) is 17.5. The smallest absolute Gasteiger partial charge is 0.276 e. The molecule has 3 aromatic rings. The van der Waals surface area contributed by atoms with Crippen LogP contribution in [0.3, 0.4) is 0 Å². The summed E-state index contributed by atoms with van der Waals surface area (Å²) in [6.45, 7) is 1.82. The molecule has 1 N–H and O–H groups in total. The lowest BCUT2D eigenvalue weighted by molar-refractivity contribution is 0.102. The van der Waals surface area contributed by atoms with E-state index in [1.165, 1.54) is 19.2 Å². The number of anilines is 1. The molecule has 0 atom stereocenters. The number of aromatic nitrogens is 2. The van der Waals surface area contributed by atoms with Crippen LogP contribution in [0.2, 0.25) is 0 Å². The molecule has 0 aliphatic heterocycles. The van der Waals surface area contributed by atoms with Crippen LogP contribution in [0.25, 0.3) is 5.69 Å². The molecule has 0 aliphatic carbocycles. The maximum atomic E-state index is 13.1. The highest BCUT2D eigenvalue weighted by Crippen LogP contribution is 2.29. The Labute approximate surface area is 150 Å². The Kier molecular flexibility index (Phi) is 4.88. The van der Waals surface area contributed by atoms with Crippen molar-refractivity contribution in [3.63, 3.8) is 0 Å². The Balaban J connectivity index is 1.83. The highest BCUT2D eigenvalue weighted by Gasteiger charge is 2.15. The lowest BCUT2D eigenvalue weighted by Crippen LogP contribution is -2.13. The summed E-state index contributed by atoms with van der Waals surface area (Å²) in [7, 11) is 3.07. The van der Waals surface area contributed by atoms with Gasteiger partial charge in [0, 0.05) is 17.4 Å². The van der Waals surface area contributed by atoms with E-state index in [2.05, 4.69) is 10.4 Å². The molecule has 7 heteroatoms. The summed E-state index contributed by atoms with van der Waals surface area (Å²) in [6.07, 6.45) is 0. The van der Waals surface area contributed by atoms with E-state index in [0.29, 0.717) is 22.9 Å². The zero-order valence-electron chi connectivity index (χ0n) is 14.6. The minimum absolute atomic E-state index is 0.251. The van der Waals surface area contributed by atoms with Crippen molar-refractivity contribution >= 4 is 11.6 Å². The summed E-state index contributed by atoms with van der Waals surface area (Å²) in [4.78, 5) is 12.5. The van der Waals surface area contributed by atoms with Crippen LogP contribution >= 0.6 is 0 Å². The van der Waals surface area contributed by atoms with Gasteiger partial charge in [0.2, 0.25) is 0 Å². The van der Waals surface area contributed by atoms with Gasteiger partial charge in [-0.1, -0.05) is 0 Å². The van der Waals surface area contributed by atoms with Crippen LogP contribution in [0, 0.1) is 12.7 Å². The standard InChI is InChI=1S/C19H18FN3O3/c1-12-10-16(22-23(12)15-7-4-13(20)5-8-15)19(24)21-14-6-9-17(25-2)18(11-14)26-3/h4-11H,1-3H3,(H,21,24). The molecule has 3 rings (SSSR count). The van der Waals surface area contributed by atoms with Gasteiger partial charge in [0.1, 0.15) is 5.82 Å². The number of carbonyl (C=O) groups excluding carboxylic acids is 1. The molecule has 0 unspecified atom stereocenters. The highest BCUT2D eigenvalue weighted by atomic mass is 19.1. The molecule has 0 bridgehead atoms. The second-order valence-electron chi connectivity index (χ2n) is 5.58. The van der Waals surface area contributed by atoms with Crippen LogP contribution in [0.15, 0.2) is 48.5 Å². The summed E-state index contributed by atoms with van der Waals surface area (Å²) >= 11 is 0. The van der Waals surface area contributed by atoms with Crippen molar-refractivity contribution in [3.05, 3.63) is 65.7 Å². The summed E-state index contributed by atoms with van der Waals surface area (Å²) < 4.78 is 25.1. The van der Waals surface area contributed by atoms with Crippen molar-refractivity contribution in [1.29, 1.82) is 0 Å². The molecule has 134 valence electrons. The number of benzene rings is 2. The van der Waals surface area contributed by atoms with Crippen LogP contribution in [0.4, 0.5) is 10.1 Å². The zero-order chi connectivity index (χ0) is 18.7. The van der Waals surface area contributed by atoms with Gasteiger partial charge in [-0.15, -0.1) is 0 Å². The van der Waals surface area contributed by atoms with Gasteiger partial charge in [0.25, 0.3) is 5.91 Å². The third-order valence-electron chi connectivity index (χ3n) is 3.83. The van der Waals surface area contributed by atoms with E-state index in [4.69, 9.17) is 9.47 Å². The largest absolute Gasteiger partial charge is 0.493 e. The summed E-state index contributed by atoms with van der Waals surface area (Å²) in [5.41, 5.74) is 2.24. The molecule has 1 amide bonds. The van der Waals surface area contributed by atoms with Crippen molar-refractivity contribution in [1.82, 2.24) is 9.78 Å². The molecule has 2 aromatic carbocycles. The van der Waals surface area contributed by atoms with Gasteiger partial charge in [-0.2, -0.15) is 5.10 Å². The second-order valence-corrected chi connectivity index (χ2v) is 5.58. The van der Waals surface area contributed by atoms with Crippen LogP contribution < -0.4 is 14.8 Å². The first-order chi connectivity index (χ1) is 12.5. The van der Waals surface area contributed by atoms with Gasteiger partial charge in [-0.3, -0.25) is 4.79 Å². The number of hydrogen-bond donors (Lipinski definition) is 1. The Morgan fingerprint density at radius 3 is 2.38 bits per heavy atom. The number of carbonyl (C=O) groups is 1. The molecule has 6 nitrogen and oxygen atoms in total. The molecule has 0 aliphatic rings. The van der Waals surface area contributed by atoms with Gasteiger partial charge in [0.05, 0.1) is 19.9 Å². The van der Waals surface area contributed by atoms with Crippen molar-refractivity contribution in [2.45, 2.75) is 6.92 Å². The van der Waals surface area contributed by atoms with Crippen LogP contribution in [0.1, 0.15) is 16.2 Å². The van der Waals surface area contributed by atoms with E-state index in [1.807, 2.05) is 6.92 Å². The van der Waals surface area contributed by atoms with Crippen molar-refractivity contribution in [3.8, 4) is 17.2 Å². The molecule has 1 heterocycles. The number of methoxy groups -OCH3 is 2. The fourth-order valence-electron chi connectivity index (χ4n) is 2.54. The predicted octanol–water partition coefficient (Wildman–Crippen LogP) is 3.59. The van der Waals surface area contributed by atoms with Crippen LogP contribution in [-0.2, 0) is 0 Å². The number of amides is 1. The fourth-order valence-corrected chi connectivity index (χ4v) is 2.54. The lowest BCUT2D eigenvalue weighted by atomic mass is 10.2.